The maximum absolute atomic E-state index is 10.9. The number of carboxylic acids is 1. The van der Waals surface area contributed by atoms with Gasteiger partial charge in [-0.05, 0) is 12.8 Å². The Hall–Kier alpha value is -0.770. The number of rotatable bonds is 9. The zero-order valence-electron chi connectivity index (χ0n) is 9.58. The van der Waals surface area contributed by atoms with Gasteiger partial charge in [-0.15, -0.1) is 11.6 Å². The molecule has 5 heteroatoms. The molecule has 1 unspecified atom stereocenters. The van der Waals surface area contributed by atoms with Crippen LogP contribution in [0.15, 0.2) is 0 Å². The molecule has 0 aliphatic rings. The molecular formula is C11H19ClO4. The molecule has 0 amide bonds. The summed E-state index contributed by atoms with van der Waals surface area (Å²) in [5.74, 6) is -1.13. The monoisotopic (exact) mass is 250 g/mol. The molecule has 0 saturated heterocycles. The predicted molar refractivity (Wildman–Crippen MR) is 61.6 cm³/mol. The molecule has 0 aliphatic heterocycles. The summed E-state index contributed by atoms with van der Waals surface area (Å²) in [6.45, 7) is 0. The van der Waals surface area contributed by atoms with Crippen molar-refractivity contribution in [2.45, 2.75) is 50.3 Å². The van der Waals surface area contributed by atoms with Gasteiger partial charge in [0.1, 0.15) is 5.38 Å². The minimum absolute atomic E-state index is 0.236. The summed E-state index contributed by atoms with van der Waals surface area (Å²) >= 11 is 5.76. The number of hydrogen-bond acceptors (Lipinski definition) is 3. The number of carboxylic acid groups (broad SMARTS) is 1. The van der Waals surface area contributed by atoms with Crippen LogP contribution in [0.1, 0.15) is 44.9 Å². The summed E-state index contributed by atoms with van der Waals surface area (Å²) in [5.41, 5.74) is 0. The lowest BCUT2D eigenvalue weighted by Gasteiger charge is -2.06. The minimum atomic E-state index is -0.744. The maximum Gasteiger partial charge on any atom is 0.323 e. The molecule has 16 heavy (non-hydrogen) atoms. The van der Waals surface area contributed by atoms with Crippen LogP contribution in [0.5, 0.6) is 0 Å². The highest BCUT2D eigenvalue weighted by atomic mass is 35.5. The molecule has 1 atom stereocenters. The summed E-state index contributed by atoms with van der Waals surface area (Å²) in [6.07, 6.45) is 5.32. The van der Waals surface area contributed by atoms with E-state index in [0.29, 0.717) is 6.42 Å². The number of halogens is 1. The summed E-state index contributed by atoms with van der Waals surface area (Å²) < 4.78 is 4.50. The summed E-state index contributed by atoms with van der Waals surface area (Å²) in [7, 11) is 1.32. The van der Waals surface area contributed by atoms with Gasteiger partial charge in [-0.2, -0.15) is 0 Å². The van der Waals surface area contributed by atoms with Crippen molar-refractivity contribution in [1.29, 1.82) is 0 Å². The predicted octanol–water partition coefficient (Wildman–Crippen LogP) is 2.58. The van der Waals surface area contributed by atoms with E-state index in [1.165, 1.54) is 7.11 Å². The third-order valence-corrected chi connectivity index (χ3v) is 2.70. The second-order valence-electron chi connectivity index (χ2n) is 3.69. The molecule has 0 spiro atoms. The molecular weight excluding hydrogens is 232 g/mol. The highest BCUT2D eigenvalue weighted by Gasteiger charge is 2.14. The Morgan fingerprint density at radius 2 is 1.75 bits per heavy atom. The van der Waals surface area contributed by atoms with E-state index in [9.17, 15) is 9.59 Å². The molecule has 0 fully saturated rings. The van der Waals surface area contributed by atoms with Crippen molar-refractivity contribution in [3.8, 4) is 0 Å². The number of alkyl halides is 1. The van der Waals surface area contributed by atoms with Crippen LogP contribution in [0.3, 0.4) is 0 Å². The fraction of sp³-hybridized carbons (Fsp3) is 0.818. The highest BCUT2D eigenvalue weighted by molar-refractivity contribution is 6.29. The first-order chi connectivity index (χ1) is 7.57. The third-order valence-electron chi connectivity index (χ3n) is 2.31. The fourth-order valence-electron chi connectivity index (χ4n) is 1.38. The number of hydrogen-bond donors (Lipinski definition) is 1. The van der Waals surface area contributed by atoms with Gasteiger partial charge in [0.25, 0.3) is 0 Å². The SMILES string of the molecule is COC(=O)C(Cl)CCCCCCCC(=O)O. The number of unbranched alkanes of at least 4 members (excludes halogenated alkanes) is 4. The van der Waals surface area contributed by atoms with Gasteiger partial charge in [0.05, 0.1) is 7.11 Å². The van der Waals surface area contributed by atoms with Crippen LogP contribution in [-0.2, 0) is 14.3 Å². The number of ether oxygens (including phenoxy) is 1. The average Bonchev–Trinajstić information content (AvgIpc) is 2.25. The van der Waals surface area contributed by atoms with Crippen molar-refractivity contribution < 1.29 is 19.4 Å². The van der Waals surface area contributed by atoms with Crippen molar-refractivity contribution in [2.24, 2.45) is 0 Å². The first kappa shape index (κ1) is 15.2. The number of aliphatic carboxylic acids is 1. The van der Waals surface area contributed by atoms with Gasteiger partial charge in [-0.1, -0.05) is 25.7 Å². The van der Waals surface area contributed by atoms with Crippen LogP contribution in [0.25, 0.3) is 0 Å². The molecule has 0 aromatic carbocycles. The van der Waals surface area contributed by atoms with E-state index in [1.54, 1.807) is 0 Å². The van der Waals surface area contributed by atoms with E-state index in [-0.39, 0.29) is 12.4 Å². The van der Waals surface area contributed by atoms with Crippen molar-refractivity contribution in [3.63, 3.8) is 0 Å². The lowest BCUT2D eigenvalue weighted by molar-refractivity contribution is -0.140. The van der Waals surface area contributed by atoms with Crippen LogP contribution in [0.4, 0.5) is 0 Å². The van der Waals surface area contributed by atoms with Crippen molar-refractivity contribution in [3.05, 3.63) is 0 Å². The Kier molecular flexibility index (Phi) is 9.00. The smallest absolute Gasteiger partial charge is 0.323 e. The summed E-state index contributed by atoms with van der Waals surface area (Å²) in [6, 6.07) is 0. The van der Waals surface area contributed by atoms with Crippen LogP contribution < -0.4 is 0 Å². The normalized spacial score (nSPS) is 12.1. The first-order valence-electron chi connectivity index (χ1n) is 5.51. The number of carbonyl (C=O) groups excluding carboxylic acids is 1. The Morgan fingerprint density at radius 3 is 2.31 bits per heavy atom. The van der Waals surface area contributed by atoms with E-state index in [4.69, 9.17) is 16.7 Å². The maximum atomic E-state index is 10.9. The van der Waals surface area contributed by atoms with Gasteiger partial charge in [-0.25, -0.2) is 0 Å². The second kappa shape index (κ2) is 9.46. The zero-order valence-corrected chi connectivity index (χ0v) is 10.3. The Balaban J connectivity index is 3.27. The molecule has 0 aromatic rings. The van der Waals surface area contributed by atoms with Gasteiger partial charge in [0.15, 0.2) is 0 Å². The second-order valence-corrected chi connectivity index (χ2v) is 4.22. The largest absolute Gasteiger partial charge is 0.481 e. The van der Waals surface area contributed by atoms with Gasteiger partial charge >= 0.3 is 11.9 Å². The van der Waals surface area contributed by atoms with E-state index in [1.807, 2.05) is 0 Å². The van der Waals surface area contributed by atoms with Crippen LogP contribution in [-0.4, -0.2) is 29.5 Å². The molecule has 0 heterocycles. The minimum Gasteiger partial charge on any atom is -0.481 e. The lowest BCUT2D eigenvalue weighted by Crippen LogP contribution is -2.15. The van der Waals surface area contributed by atoms with E-state index in [0.717, 1.165) is 32.1 Å². The topological polar surface area (TPSA) is 63.6 Å². The van der Waals surface area contributed by atoms with E-state index < -0.39 is 11.3 Å². The van der Waals surface area contributed by atoms with Gasteiger partial charge in [0, 0.05) is 6.42 Å². The molecule has 0 aromatic heterocycles. The van der Waals surface area contributed by atoms with Crippen LogP contribution >= 0.6 is 11.6 Å². The van der Waals surface area contributed by atoms with Crippen molar-refractivity contribution in [1.82, 2.24) is 0 Å². The quantitative estimate of drug-likeness (QED) is 0.388. The van der Waals surface area contributed by atoms with Crippen LogP contribution in [0, 0.1) is 0 Å². The molecule has 0 bridgehead atoms. The first-order valence-corrected chi connectivity index (χ1v) is 5.95. The van der Waals surface area contributed by atoms with Crippen LogP contribution in [0.2, 0.25) is 0 Å². The Morgan fingerprint density at radius 1 is 1.19 bits per heavy atom. The standard InChI is InChI=1S/C11H19ClO4/c1-16-11(15)9(12)7-5-3-2-4-6-8-10(13)14/h9H,2-8H2,1H3,(H,13,14). The summed E-state index contributed by atoms with van der Waals surface area (Å²) in [4.78, 5) is 21.2. The Bertz CT molecular complexity index is 218. The Labute approximate surface area is 101 Å². The van der Waals surface area contributed by atoms with E-state index in [2.05, 4.69) is 4.74 Å². The average molecular weight is 251 g/mol. The number of esters is 1. The van der Waals surface area contributed by atoms with E-state index >= 15 is 0 Å². The molecule has 0 radical (unpaired) electrons. The molecule has 0 rings (SSSR count). The molecule has 0 aliphatic carbocycles. The lowest BCUT2D eigenvalue weighted by atomic mass is 10.1. The van der Waals surface area contributed by atoms with Crippen molar-refractivity contribution in [2.75, 3.05) is 7.11 Å². The van der Waals surface area contributed by atoms with Gasteiger partial charge in [-0.3, -0.25) is 9.59 Å². The number of carbonyl (C=O) groups is 2. The summed E-state index contributed by atoms with van der Waals surface area (Å²) in [5, 5.41) is 7.86. The molecule has 94 valence electrons. The highest BCUT2D eigenvalue weighted by Crippen LogP contribution is 2.12. The van der Waals surface area contributed by atoms with Crippen molar-refractivity contribution >= 4 is 23.5 Å². The molecule has 4 nitrogen and oxygen atoms in total. The molecule has 0 saturated carbocycles. The molecule has 1 N–H and O–H groups in total. The number of methoxy groups -OCH3 is 1. The zero-order chi connectivity index (χ0) is 12.4. The van der Waals surface area contributed by atoms with Gasteiger partial charge in [0.2, 0.25) is 0 Å². The third kappa shape index (κ3) is 8.53. The van der Waals surface area contributed by atoms with Gasteiger partial charge < -0.3 is 9.84 Å². The fourth-order valence-corrected chi connectivity index (χ4v) is 1.62.